The highest BCUT2D eigenvalue weighted by atomic mass is 32.2. The van der Waals surface area contributed by atoms with E-state index in [9.17, 15) is 23.4 Å². The summed E-state index contributed by atoms with van der Waals surface area (Å²) in [7, 11) is -2.76. The number of aromatic hydroxyl groups is 1. The molecule has 0 aliphatic carbocycles. The Hall–Kier alpha value is -2.39. The summed E-state index contributed by atoms with van der Waals surface area (Å²) in [5.41, 5.74) is -0.612. The highest BCUT2D eigenvalue weighted by Crippen LogP contribution is 2.49. The lowest BCUT2D eigenvalue weighted by Gasteiger charge is -2.31. The van der Waals surface area contributed by atoms with E-state index in [1.165, 1.54) is 37.3 Å². The minimum Gasteiger partial charge on any atom is -0.507 e. The van der Waals surface area contributed by atoms with E-state index in [4.69, 9.17) is 23.1 Å². The fourth-order valence-corrected chi connectivity index (χ4v) is 6.28. The fraction of sp³-hybridized carbons (Fsp3) is 0.480. The highest BCUT2D eigenvalue weighted by Gasteiger charge is 2.55. The molecule has 2 aromatic rings. The van der Waals surface area contributed by atoms with E-state index in [-0.39, 0.29) is 35.2 Å². The van der Waals surface area contributed by atoms with Crippen LogP contribution in [0, 0.1) is 6.92 Å². The number of phenols is 1. The van der Waals surface area contributed by atoms with Gasteiger partial charge in [-0.2, -0.15) is 8.42 Å². The van der Waals surface area contributed by atoms with Crippen molar-refractivity contribution in [3.8, 4) is 11.5 Å². The quantitative estimate of drug-likeness (QED) is 0.213. The molecule has 0 radical (unpaired) electrons. The molecular formula is C25H33NO10S2. The molecule has 3 N–H and O–H groups in total. The van der Waals surface area contributed by atoms with E-state index >= 15 is 0 Å². The molecule has 1 fully saturated rings. The van der Waals surface area contributed by atoms with E-state index in [1.807, 2.05) is 6.92 Å². The summed E-state index contributed by atoms with van der Waals surface area (Å²) in [5, 5.41) is 21.5. The maximum Gasteiger partial charge on any atom is 0.324 e. The van der Waals surface area contributed by atoms with Crippen molar-refractivity contribution < 1.29 is 46.6 Å². The minimum atomic E-state index is -4.35. The lowest BCUT2D eigenvalue weighted by molar-refractivity contribution is -0.144. The summed E-state index contributed by atoms with van der Waals surface area (Å²) in [6.45, 7) is 5.52. The van der Waals surface area contributed by atoms with Crippen LogP contribution in [0.4, 0.5) is 0 Å². The van der Waals surface area contributed by atoms with Gasteiger partial charge in [0.25, 0.3) is 10.1 Å². The maximum atomic E-state index is 13.2. The molecule has 1 aliphatic rings. The third-order valence-corrected chi connectivity index (χ3v) is 8.60. The molecule has 1 unspecified atom stereocenters. The van der Waals surface area contributed by atoms with Crippen molar-refractivity contribution in [2.45, 2.75) is 29.3 Å². The first-order chi connectivity index (χ1) is 18.0. The van der Waals surface area contributed by atoms with Gasteiger partial charge in [-0.1, -0.05) is 17.7 Å². The topological polar surface area (TPSA) is 150 Å². The molecule has 1 aliphatic heterocycles. The van der Waals surface area contributed by atoms with Gasteiger partial charge in [-0.3, -0.25) is 10.1 Å². The number of carbonyl (C=O) groups is 1. The first-order valence-corrected chi connectivity index (χ1v) is 14.2. The molecule has 2 aromatic carbocycles. The number of aliphatic carboxylic acids is 1. The van der Waals surface area contributed by atoms with Crippen LogP contribution < -0.4 is 10.1 Å². The van der Waals surface area contributed by atoms with Crippen LogP contribution in [0.3, 0.4) is 0 Å². The second-order valence-corrected chi connectivity index (χ2v) is 11.5. The van der Waals surface area contributed by atoms with Crippen molar-refractivity contribution in [3.63, 3.8) is 0 Å². The predicted octanol–water partition coefficient (Wildman–Crippen LogP) is 2.45. The number of carboxylic acids is 1. The van der Waals surface area contributed by atoms with Crippen LogP contribution in [-0.2, 0) is 38.4 Å². The Balaban J connectivity index is 1.73. The number of aryl methyl sites for hydroxylation is 1. The molecule has 1 heterocycles. The van der Waals surface area contributed by atoms with Gasteiger partial charge in [0.2, 0.25) is 5.06 Å². The average molecular weight is 572 g/mol. The monoisotopic (exact) mass is 571 g/mol. The Morgan fingerprint density at radius 1 is 1.03 bits per heavy atom. The summed E-state index contributed by atoms with van der Waals surface area (Å²) < 4.78 is 53.2. The van der Waals surface area contributed by atoms with E-state index in [0.717, 1.165) is 17.3 Å². The molecular weight excluding hydrogens is 538 g/mol. The maximum absolute atomic E-state index is 13.2. The Labute approximate surface area is 226 Å². The standard InChI is InChI=1S/C25H33NO10S2/c1-18-4-7-20(8-5-18)38(30,31)36-25(26-24(2,17-37-25)23(28)29)21-9-6-19(16-22(21)27)35-15-14-34-13-12-33-11-10-32-3/h4-9,16,26-27H,10-15,17H2,1-3H3,(H,28,29)/t24-,25?/m1/s1. The van der Waals surface area contributed by atoms with Crippen molar-refractivity contribution in [2.24, 2.45) is 0 Å². The number of ether oxygens (including phenoxy) is 4. The SMILES string of the molecule is COCCOCCOCCOc1ccc(C2(OS(=O)(=O)c3ccc(C)cc3)N[C@@](C)(C(=O)O)CS2)c(O)c1. The number of methoxy groups -OCH3 is 1. The van der Waals surface area contributed by atoms with Gasteiger partial charge in [-0.25, -0.2) is 4.18 Å². The summed E-state index contributed by atoms with van der Waals surface area (Å²) in [4.78, 5) is 11.8. The van der Waals surface area contributed by atoms with Crippen LogP contribution in [0.5, 0.6) is 11.5 Å². The van der Waals surface area contributed by atoms with Crippen molar-refractivity contribution in [1.82, 2.24) is 5.32 Å². The molecule has 2 atom stereocenters. The molecule has 0 aromatic heterocycles. The zero-order valence-electron chi connectivity index (χ0n) is 21.5. The number of rotatable bonds is 15. The number of nitrogens with one attached hydrogen (secondary N) is 1. The van der Waals surface area contributed by atoms with Gasteiger partial charge in [0.15, 0.2) is 0 Å². The van der Waals surface area contributed by atoms with Crippen LogP contribution in [0.1, 0.15) is 18.1 Å². The normalized spacial score (nSPS) is 21.4. The van der Waals surface area contributed by atoms with Crippen LogP contribution in [0.15, 0.2) is 47.4 Å². The van der Waals surface area contributed by atoms with Crippen LogP contribution in [0.2, 0.25) is 0 Å². The Morgan fingerprint density at radius 3 is 2.24 bits per heavy atom. The lowest BCUT2D eigenvalue weighted by Crippen LogP contribution is -2.54. The second kappa shape index (κ2) is 13.1. The third-order valence-electron chi connectivity index (χ3n) is 5.64. The summed E-state index contributed by atoms with van der Waals surface area (Å²) in [5.74, 6) is -1.22. The molecule has 1 saturated heterocycles. The van der Waals surface area contributed by atoms with Gasteiger partial charge in [-0.05, 0) is 38.1 Å². The number of thioether (sulfide) groups is 1. The molecule has 3 rings (SSSR count). The molecule has 11 nitrogen and oxygen atoms in total. The molecule has 210 valence electrons. The third kappa shape index (κ3) is 7.59. The van der Waals surface area contributed by atoms with Crippen molar-refractivity contribution in [2.75, 3.05) is 52.5 Å². The summed E-state index contributed by atoms with van der Waals surface area (Å²) in [6, 6.07) is 10.3. The predicted molar refractivity (Wildman–Crippen MR) is 140 cm³/mol. The lowest BCUT2D eigenvalue weighted by atomic mass is 10.0. The van der Waals surface area contributed by atoms with Crippen LogP contribution in [0.25, 0.3) is 0 Å². The number of phenolic OH excluding ortho intramolecular Hbond substituents is 1. The number of hydrogen-bond acceptors (Lipinski definition) is 11. The largest absolute Gasteiger partial charge is 0.507 e. The Bertz CT molecular complexity index is 1190. The zero-order chi connectivity index (χ0) is 27.8. The second-order valence-electron chi connectivity index (χ2n) is 8.76. The van der Waals surface area contributed by atoms with E-state index in [0.29, 0.717) is 32.2 Å². The molecule has 0 saturated carbocycles. The number of hydrogen-bond donors (Lipinski definition) is 3. The van der Waals surface area contributed by atoms with Crippen LogP contribution in [-0.4, -0.2) is 82.6 Å². The van der Waals surface area contributed by atoms with Gasteiger partial charge in [-0.15, -0.1) is 11.8 Å². The van der Waals surface area contributed by atoms with Crippen molar-refractivity contribution in [3.05, 3.63) is 53.6 Å². The van der Waals surface area contributed by atoms with Gasteiger partial charge >= 0.3 is 5.97 Å². The molecule has 38 heavy (non-hydrogen) atoms. The van der Waals surface area contributed by atoms with E-state index in [1.54, 1.807) is 19.2 Å². The summed E-state index contributed by atoms with van der Waals surface area (Å²) in [6.07, 6.45) is 0. The fourth-order valence-electron chi connectivity index (χ4n) is 3.50. The number of carboxylic acid groups (broad SMARTS) is 1. The Morgan fingerprint density at radius 2 is 1.66 bits per heavy atom. The van der Waals surface area contributed by atoms with Gasteiger partial charge < -0.3 is 29.2 Å². The van der Waals surface area contributed by atoms with Gasteiger partial charge in [0.1, 0.15) is 23.6 Å². The zero-order valence-corrected chi connectivity index (χ0v) is 23.1. The molecule has 13 heteroatoms. The molecule has 0 spiro atoms. The smallest absolute Gasteiger partial charge is 0.324 e. The molecule has 0 bridgehead atoms. The number of benzene rings is 2. The van der Waals surface area contributed by atoms with Crippen molar-refractivity contribution in [1.29, 1.82) is 0 Å². The first-order valence-electron chi connectivity index (χ1n) is 11.8. The van der Waals surface area contributed by atoms with Crippen molar-refractivity contribution >= 4 is 27.8 Å². The average Bonchev–Trinajstić information content (AvgIpc) is 3.21. The highest BCUT2D eigenvalue weighted by molar-refractivity contribution is 8.01. The van der Waals surface area contributed by atoms with E-state index in [2.05, 4.69) is 5.32 Å². The van der Waals surface area contributed by atoms with E-state index < -0.39 is 26.7 Å². The first kappa shape index (κ1) is 30.2. The molecule has 0 amide bonds. The minimum absolute atomic E-state index is 0.0179. The summed E-state index contributed by atoms with van der Waals surface area (Å²) >= 11 is 0.923. The Kier molecular flexibility index (Phi) is 10.4. The van der Waals surface area contributed by atoms with Gasteiger partial charge in [0.05, 0.1) is 43.5 Å². The van der Waals surface area contributed by atoms with Crippen LogP contribution >= 0.6 is 11.8 Å². The van der Waals surface area contributed by atoms with Gasteiger partial charge in [0, 0.05) is 18.9 Å².